The molecule has 0 aliphatic heterocycles. The van der Waals surface area contributed by atoms with Crippen LogP contribution in [0, 0.1) is 6.92 Å². The molecule has 0 amide bonds. The van der Waals surface area contributed by atoms with E-state index in [1.54, 1.807) is 12.1 Å². The first-order chi connectivity index (χ1) is 7.68. The van der Waals surface area contributed by atoms with Gasteiger partial charge in [-0.25, -0.2) is 0 Å². The second kappa shape index (κ2) is 4.58. The van der Waals surface area contributed by atoms with Gasteiger partial charge in [0.05, 0.1) is 0 Å². The maximum absolute atomic E-state index is 9.64. The van der Waals surface area contributed by atoms with Crippen LogP contribution in [0.1, 0.15) is 16.7 Å². The van der Waals surface area contributed by atoms with Gasteiger partial charge in [-0.05, 0) is 42.2 Å². The highest BCUT2D eigenvalue weighted by atomic mass is 35.5. The Labute approximate surface area is 100 Å². The Hall–Kier alpha value is -1.47. The van der Waals surface area contributed by atoms with E-state index in [2.05, 4.69) is 12.1 Å². The number of hydrogen-bond donors (Lipinski definition) is 1. The molecule has 1 nitrogen and oxygen atoms in total. The van der Waals surface area contributed by atoms with Gasteiger partial charge in [0.2, 0.25) is 0 Å². The van der Waals surface area contributed by atoms with Gasteiger partial charge < -0.3 is 5.11 Å². The predicted molar refractivity (Wildman–Crippen MR) is 67.1 cm³/mol. The van der Waals surface area contributed by atoms with E-state index in [0.717, 1.165) is 17.5 Å². The third-order valence-electron chi connectivity index (χ3n) is 2.74. The molecule has 0 unspecified atom stereocenters. The fraction of sp³-hybridized carbons (Fsp3) is 0.143. The number of benzene rings is 2. The second-order valence-electron chi connectivity index (χ2n) is 3.83. The number of aromatic hydroxyl groups is 1. The average molecular weight is 233 g/mol. The third-order valence-corrected chi connectivity index (χ3v) is 3.09. The summed E-state index contributed by atoms with van der Waals surface area (Å²) in [5, 5.41) is 10.4. The highest BCUT2D eigenvalue weighted by Crippen LogP contribution is 2.28. The smallest absolute Gasteiger partial charge is 0.118 e. The van der Waals surface area contributed by atoms with Crippen molar-refractivity contribution in [2.24, 2.45) is 0 Å². The van der Waals surface area contributed by atoms with Crippen molar-refractivity contribution in [2.75, 3.05) is 0 Å². The van der Waals surface area contributed by atoms with Crippen LogP contribution in [0.4, 0.5) is 0 Å². The van der Waals surface area contributed by atoms with Crippen molar-refractivity contribution in [3.63, 3.8) is 0 Å². The lowest BCUT2D eigenvalue weighted by Gasteiger charge is -2.10. The highest BCUT2D eigenvalue weighted by molar-refractivity contribution is 6.31. The molecular weight excluding hydrogens is 220 g/mol. The number of phenols is 1. The molecule has 0 saturated heterocycles. The SMILES string of the molecule is Cc1c(O)ccc(Cl)c1Cc1ccccc1. The zero-order valence-corrected chi connectivity index (χ0v) is 9.83. The Morgan fingerprint density at radius 3 is 2.44 bits per heavy atom. The Kier molecular flexibility index (Phi) is 3.16. The van der Waals surface area contributed by atoms with Crippen molar-refractivity contribution >= 4 is 11.6 Å². The third kappa shape index (κ3) is 2.20. The predicted octanol–water partition coefficient (Wildman–Crippen LogP) is 3.94. The van der Waals surface area contributed by atoms with E-state index in [0.29, 0.717) is 10.8 Å². The maximum Gasteiger partial charge on any atom is 0.118 e. The minimum Gasteiger partial charge on any atom is -0.508 e. The fourth-order valence-electron chi connectivity index (χ4n) is 1.73. The summed E-state index contributed by atoms with van der Waals surface area (Å²) in [6, 6.07) is 13.5. The minimum atomic E-state index is 0.301. The monoisotopic (exact) mass is 232 g/mol. The zero-order chi connectivity index (χ0) is 11.5. The van der Waals surface area contributed by atoms with Gasteiger partial charge in [0.1, 0.15) is 5.75 Å². The summed E-state index contributed by atoms with van der Waals surface area (Å²) in [4.78, 5) is 0. The molecule has 1 N–H and O–H groups in total. The van der Waals surface area contributed by atoms with Crippen molar-refractivity contribution in [1.29, 1.82) is 0 Å². The minimum absolute atomic E-state index is 0.301. The van der Waals surface area contributed by atoms with Crippen molar-refractivity contribution in [1.82, 2.24) is 0 Å². The lowest BCUT2D eigenvalue weighted by molar-refractivity contribution is 0.470. The van der Waals surface area contributed by atoms with Crippen LogP contribution in [0.2, 0.25) is 5.02 Å². The summed E-state index contributed by atoms with van der Waals surface area (Å²) in [6.07, 6.45) is 0.750. The quantitative estimate of drug-likeness (QED) is 0.832. The molecule has 0 bridgehead atoms. The molecule has 0 aliphatic rings. The molecule has 0 aromatic heterocycles. The Morgan fingerprint density at radius 1 is 1.06 bits per heavy atom. The summed E-state index contributed by atoms with van der Waals surface area (Å²) in [6.45, 7) is 1.89. The molecule has 0 spiro atoms. The number of rotatable bonds is 2. The first kappa shape index (κ1) is 11.0. The van der Waals surface area contributed by atoms with E-state index >= 15 is 0 Å². The summed E-state index contributed by atoms with van der Waals surface area (Å²) < 4.78 is 0. The van der Waals surface area contributed by atoms with Crippen LogP contribution in [-0.2, 0) is 6.42 Å². The van der Waals surface area contributed by atoms with Crippen LogP contribution in [0.25, 0.3) is 0 Å². The number of hydrogen-bond acceptors (Lipinski definition) is 1. The molecular formula is C14H13ClO. The normalized spacial score (nSPS) is 10.4. The Bertz CT molecular complexity index is 492. The van der Waals surface area contributed by atoms with Gasteiger partial charge in [0, 0.05) is 5.02 Å². The average Bonchev–Trinajstić information content (AvgIpc) is 2.31. The van der Waals surface area contributed by atoms with Crippen LogP contribution >= 0.6 is 11.6 Å². The van der Waals surface area contributed by atoms with Crippen LogP contribution < -0.4 is 0 Å². The highest BCUT2D eigenvalue weighted by Gasteiger charge is 2.08. The van der Waals surface area contributed by atoms with Gasteiger partial charge in [0.25, 0.3) is 0 Å². The van der Waals surface area contributed by atoms with E-state index in [9.17, 15) is 5.11 Å². The molecule has 0 heterocycles. The Morgan fingerprint density at radius 2 is 1.75 bits per heavy atom. The second-order valence-corrected chi connectivity index (χ2v) is 4.24. The number of halogens is 1. The van der Waals surface area contributed by atoms with Crippen LogP contribution in [0.15, 0.2) is 42.5 Å². The number of phenolic OH excluding ortho intramolecular Hbond substituents is 1. The van der Waals surface area contributed by atoms with Crippen molar-refractivity contribution in [3.05, 3.63) is 64.2 Å². The molecule has 0 radical (unpaired) electrons. The van der Waals surface area contributed by atoms with Crippen LogP contribution in [0.5, 0.6) is 5.75 Å². The van der Waals surface area contributed by atoms with Gasteiger partial charge in [-0.3, -0.25) is 0 Å². The molecule has 2 heteroatoms. The Balaban J connectivity index is 2.38. The topological polar surface area (TPSA) is 20.2 Å². The molecule has 16 heavy (non-hydrogen) atoms. The van der Waals surface area contributed by atoms with Crippen LogP contribution in [0.3, 0.4) is 0 Å². The summed E-state index contributed by atoms with van der Waals surface area (Å²) in [5.74, 6) is 0.301. The largest absolute Gasteiger partial charge is 0.508 e. The first-order valence-corrected chi connectivity index (χ1v) is 5.57. The molecule has 0 fully saturated rings. The van der Waals surface area contributed by atoms with Gasteiger partial charge in [-0.2, -0.15) is 0 Å². The fourth-order valence-corrected chi connectivity index (χ4v) is 2.00. The summed E-state index contributed by atoms with van der Waals surface area (Å²) in [5.41, 5.74) is 3.04. The van der Waals surface area contributed by atoms with Crippen molar-refractivity contribution in [2.45, 2.75) is 13.3 Å². The van der Waals surface area contributed by atoms with Crippen molar-refractivity contribution in [3.8, 4) is 5.75 Å². The lowest BCUT2D eigenvalue weighted by Crippen LogP contribution is -1.93. The molecule has 82 valence electrons. The molecule has 2 rings (SSSR count). The van der Waals surface area contributed by atoms with Crippen molar-refractivity contribution < 1.29 is 5.11 Å². The van der Waals surface area contributed by atoms with Gasteiger partial charge >= 0.3 is 0 Å². The van der Waals surface area contributed by atoms with E-state index in [1.165, 1.54) is 5.56 Å². The van der Waals surface area contributed by atoms with E-state index < -0.39 is 0 Å². The first-order valence-electron chi connectivity index (χ1n) is 5.19. The maximum atomic E-state index is 9.64. The molecule has 0 atom stereocenters. The summed E-state index contributed by atoms with van der Waals surface area (Å²) >= 11 is 6.14. The standard InChI is InChI=1S/C14H13ClO/c1-10-12(13(15)7-8-14(10)16)9-11-5-3-2-4-6-11/h2-8,16H,9H2,1H3. The van der Waals surface area contributed by atoms with E-state index in [4.69, 9.17) is 11.6 Å². The zero-order valence-electron chi connectivity index (χ0n) is 9.07. The van der Waals surface area contributed by atoms with Gasteiger partial charge in [-0.15, -0.1) is 0 Å². The van der Waals surface area contributed by atoms with E-state index in [-0.39, 0.29) is 0 Å². The van der Waals surface area contributed by atoms with Gasteiger partial charge in [-0.1, -0.05) is 41.9 Å². The molecule has 2 aromatic rings. The molecule has 0 aliphatic carbocycles. The van der Waals surface area contributed by atoms with Crippen LogP contribution in [-0.4, -0.2) is 5.11 Å². The molecule has 2 aromatic carbocycles. The summed E-state index contributed by atoms with van der Waals surface area (Å²) in [7, 11) is 0. The lowest BCUT2D eigenvalue weighted by atomic mass is 10.00. The van der Waals surface area contributed by atoms with E-state index in [1.807, 2.05) is 25.1 Å². The van der Waals surface area contributed by atoms with Gasteiger partial charge in [0.15, 0.2) is 0 Å². The molecule has 0 saturated carbocycles.